The second-order valence-electron chi connectivity index (χ2n) is 6.74. The van der Waals surface area contributed by atoms with Crippen LogP contribution in [-0.2, 0) is 13.2 Å². The highest BCUT2D eigenvalue weighted by molar-refractivity contribution is 9.10. The Kier molecular flexibility index (Phi) is 7.25. The van der Waals surface area contributed by atoms with Crippen LogP contribution < -0.4 is 14.8 Å². The molecule has 0 aliphatic carbocycles. The summed E-state index contributed by atoms with van der Waals surface area (Å²) in [6, 6.07) is 18.8. The van der Waals surface area contributed by atoms with Crippen molar-refractivity contribution in [3.8, 4) is 11.5 Å². The van der Waals surface area contributed by atoms with Gasteiger partial charge in [-0.2, -0.15) is 0 Å². The Labute approximate surface area is 179 Å². The zero-order valence-corrected chi connectivity index (χ0v) is 18.0. The summed E-state index contributed by atoms with van der Waals surface area (Å²) in [5.74, 6) is 1.14. The quantitative estimate of drug-likeness (QED) is 0.511. The second-order valence-corrected chi connectivity index (χ2v) is 7.66. The van der Waals surface area contributed by atoms with Crippen LogP contribution in [-0.4, -0.2) is 17.0 Å². The molecule has 1 amide bonds. The Bertz CT molecular complexity index is 944. The molecule has 3 aromatic rings. The lowest BCUT2D eigenvalue weighted by molar-refractivity contribution is 0.0945. The van der Waals surface area contributed by atoms with Crippen LogP contribution in [0.1, 0.15) is 35.5 Å². The molecule has 1 heterocycles. The summed E-state index contributed by atoms with van der Waals surface area (Å²) >= 11 is 3.42. The van der Waals surface area contributed by atoms with Crippen molar-refractivity contribution in [3.05, 3.63) is 88.2 Å². The van der Waals surface area contributed by atoms with Crippen LogP contribution in [0.4, 0.5) is 0 Å². The van der Waals surface area contributed by atoms with Gasteiger partial charge in [-0.3, -0.25) is 9.78 Å². The summed E-state index contributed by atoms with van der Waals surface area (Å²) < 4.78 is 12.4. The molecule has 3 rings (SSSR count). The number of halogens is 1. The molecule has 0 atom stereocenters. The van der Waals surface area contributed by atoms with Gasteiger partial charge in [-0.05, 0) is 61.9 Å². The molecule has 5 nitrogen and oxygen atoms in total. The molecule has 2 aromatic carbocycles. The Morgan fingerprint density at radius 1 is 1.10 bits per heavy atom. The van der Waals surface area contributed by atoms with E-state index in [1.165, 1.54) is 0 Å². The molecule has 0 saturated heterocycles. The van der Waals surface area contributed by atoms with Crippen molar-refractivity contribution in [2.24, 2.45) is 0 Å². The zero-order valence-electron chi connectivity index (χ0n) is 16.4. The standard InChI is InChI=1S/C23H23BrN2O3/c1-16(2)29-22-13-18(24)8-11-21(22)23(27)26-14-17-6-9-20(10-7-17)28-15-19-5-3-4-12-25-19/h3-13,16H,14-15H2,1-2H3,(H,26,27). The Hall–Kier alpha value is -2.86. The average molecular weight is 455 g/mol. The first kappa shape index (κ1) is 20.9. The molecule has 0 aliphatic heterocycles. The van der Waals surface area contributed by atoms with Gasteiger partial charge in [0, 0.05) is 17.2 Å². The van der Waals surface area contributed by atoms with Crippen LogP contribution in [0.25, 0.3) is 0 Å². The third-order valence-corrected chi connectivity index (χ3v) is 4.53. The summed E-state index contributed by atoms with van der Waals surface area (Å²) in [7, 11) is 0. The largest absolute Gasteiger partial charge is 0.490 e. The number of benzene rings is 2. The van der Waals surface area contributed by atoms with Gasteiger partial charge in [0.25, 0.3) is 5.91 Å². The maximum Gasteiger partial charge on any atom is 0.255 e. The lowest BCUT2D eigenvalue weighted by Gasteiger charge is -2.15. The number of ether oxygens (including phenoxy) is 2. The lowest BCUT2D eigenvalue weighted by Crippen LogP contribution is -2.24. The molecule has 29 heavy (non-hydrogen) atoms. The van der Waals surface area contributed by atoms with E-state index in [-0.39, 0.29) is 12.0 Å². The summed E-state index contributed by atoms with van der Waals surface area (Å²) in [6.45, 7) is 4.69. The van der Waals surface area contributed by atoms with E-state index < -0.39 is 0 Å². The minimum absolute atomic E-state index is 0.0190. The van der Waals surface area contributed by atoms with E-state index >= 15 is 0 Å². The molecule has 0 fully saturated rings. The summed E-state index contributed by atoms with van der Waals surface area (Å²) in [5.41, 5.74) is 2.36. The first-order chi connectivity index (χ1) is 14.0. The van der Waals surface area contributed by atoms with Crippen molar-refractivity contribution in [3.63, 3.8) is 0 Å². The van der Waals surface area contributed by atoms with E-state index in [2.05, 4.69) is 26.2 Å². The van der Waals surface area contributed by atoms with Crippen LogP contribution in [0.3, 0.4) is 0 Å². The maximum atomic E-state index is 12.6. The molecule has 0 bridgehead atoms. The average Bonchev–Trinajstić information content (AvgIpc) is 2.72. The van der Waals surface area contributed by atoms with E-state index in [0.29, 0.717) is 24.5 Å². The number of nitrogens with zero attached hydrogens (tertiary/aromatic N) is 1. The molecule has 0 aliphatic rings. The minimum atomic E-state index is -0.177. The normalized spacial score (nSPS) is 10.6. The van der Waals surface area contributed by atoms with Crippen LogP contribution in [0, 0.1) is 0 Å². The molecule has 1 aromatic heterocycles. The van der Waals surface area contributed by atoms with Gasteiger partial charge in [0.05, 0.1) is 17.4 Å². The monoisotopic (exact) mass is 454 g/mol. The van der Waals surface area contributed by atoms with E-state index in [1.54, 1.807) is 12.3 Å². The highest BCUT2D eigenvalue weighted by Gasteiger charge is 2.14. The molecule has 1 N–H and O–H groups in total. The van der Waals surface area contributed by atoms with Gasteiger partial charge in [0.15, 0.2) is 0 Å². The number of nitrogens with one attached hydrogen (secondary N) is 1. The van der Waals surface area contributed by atoms with Gasteiger partial charge in [-0.15, -0.1) is 0 Å². The maximum absolute atomic E-state index is 12.6. The number of rotatable bonds is 8. The van der Waals surface area contributed by atoms with Crippen molar-refractivity contribution in [2.45, 2.75) is 33.1 Å². The van der Waals surface area contributed by atoms with Crippen molar-refractivity contribution in [2.75, 3.05) is 0 Å². The number of carbonyl (C=O) groups is 1. The number of aromatic nitrogens is 1. The molecular formula is C23H23BrN2O3. The summed E-state index contributed by atoms with van der Waals surface area (Å²) in [5, 5.41) is 2.94. The minimum Gasteiger partial charge on any atom is -0.490 e. The van der Waals surface area contributed by atoms with Crippen LogP contribution in [0.15, 0.2) is 71.3 Å². The molecule has 0 spiro atoms. The van der Waals surface area contributed by atoms with Gasteiger partial charge < -0.3 is 14.8 Å². The third kappa shape index (κ3) is 6.32. The van der Waals surface area contributed by atoms with Gasteiger partial charge >= 0.3 is 0 Å². The highest BCUT2D eigenvalue weighted by atomic mass is 79.9. The molecule has 0 saturated carbocycles. The third-order valence-electron chi connectivity index (χ3n) is 4.04. The first-order valence-electron chi connectivity index (χ1n) is 9.37. The van der Waals surface area contributed by atoms with Gasteiger partial charge in [-0.1, -0.05) is 34.1 Å². The number of carbonyl (C=O) groups excluding carboxylic acids is 1. The van der Waals surface area contributed by atoms with E-state index in [4.69, 9.17) is 9.47 Å². The fourth-order valence-corrected chi connectivity index (χ4v) is 3.00. The highest BCUT2D eigenvalue weighted by Crippen LogP contribution is 2.25. The SMILES string of the molecule is CC(C)Oc1cc(Br)ccc1C(=O)NCc1ccc(OCc2ccccn2)cc1. The predicted octanol–water partition coefficient (Wildman–Crippen LogP) is 5.14. The van der Waals surface area contributed by atoms with E-state index in [9.17, 15) is 4.79 Å². The number of hydrogen-bond acceptors (Lipinski definition) is 4. The van der Waals surface area contributed by atoms with Crippen molar-refractivity contribution < 1.29 is 14.3 Å². The fourth-order valence-electron chi connectivity index (χ4n) is 2.66. The molecular weight excluding hydrogens is 432 g/mol. The number of pyridine rings is 1. The molecule has 0 radical (unpaired) electrons. The summed E-state index contributed by atoms with van der Waals surface area (Å²) in [6.07, 6.45) is 1.72. The van der Waals surface area contributed by atoms with E-state index in [1.807, 2.05) is 68.4 Å². The Balaban J connectivity index is 1.56. The van der Waals surface area contributed by atoms with Crippen LogP contribution in [0.5, 0.6) is 11.5 Å². The van der Waals surface area contributed by atoms with Crippen LogP contribution >= 0.6 is 15.9 Å². The van der Waals surface area contributed by atoms with E-state index in [0.717, 1.165) is 21.5 Å². The number of hydrogen-bond donors (Lipinski definition) is 1. The predicted molar refractivity (Wildman–Crippen MR) is 116 cm³/mol. The zero-order chi connectivity index (χ0) is 20.6. The first-order valence-corrected chi connectivity index (χ1v) is 10.2. The van der Waals surface area contributed by atoms with Crippen LogP contribution in [0.2, 0.25) is 0 Å². The van der Waals surface area contributed by atoms with Gasteiger partial charge in [-0.25, -0.2) is 0 Å². The van der Waals surface area contributed by atoms with Crippen molar-refractivity contribution >= 4 is 21.8 Å². The molecule has 6 heteroatoms. The lowest BCUT2D eigenvalue weighted by atomic mass is 10.1. The van der Waals surface area contributed by atoms with Crippen molar-refractivity contribution in [1.29, 1.82) is 0 Å². The topological polar surface area (TPSA) is 60.5 Å². The Morgan fingerprint density at radius 2 is 1.90 bits per heavy atom. The van der Waals surface area contributed by atoms with Gasteiger partial charge in [0.1, 0.15) is 18.1 Å². The summed E-state index contributed by atoms with van der Waals surface area (Å²) in [4.78, 5) is 16.9. The Morgan fingerprint density at radius 3 is 2.59 bits per heavy atom. The molecule has 150 valence electrons. The van der Waals surface area contributed by atoms with Crippen molar-refractivity contribution in [1.82, 2.24) is 10.3 Å². The number of amides is 1. The molecule has 0 unspecified atom stereocenters. The van der Waals surface area contributed by atoms with Gasteiger partial charge in [0.2, 0.25) is 0 Å². The smallest absolute Gasteiger partial charge is 0.255 e. The second kappa shape index (κ2) is 10.1. The fraction of sp³-hybridized carbons (Fsp3) is 0.217.